The number of anilines is 3. The molecule has 1 atom stereocenters. The molecule has 27 heavy (non-hydrogen) atoms. The van der Waals surface area contributed by atoms with Crippen molar-refractivity contribution in [3.63, 3.8) is 0 Å². The van der Waals surface area contributed by atoms with Crippen molar-refractivity contribution in [2.45, 2.75) is 25.4 Å². The molecule has 0 aromatic heterocycles. The van der Waals surface area contributed by atoms with Crippen LogP contribution < -0.4 is 30.2 Å². The summed E-state index contributed by atoms with van der Waals surface area (Å²) in [6.45, 7) is 3.86. The van der Waals surface area contributed by atoms with Gasteiger partial charge in [-0.25, -0.2) is 0 Å². The van der Waals surface area contributed by atoms with E-state index in [0.29, 0.717) is 17.2 Å². The molecular formula is C20H23N3O4. The Kier molecular flexibility index (Phi) is 3.83. The van der Waals surface area contributed by atoms with Gasteiger partial charge in [-0.05, 0) is 43.7 Å². The first-order chi connectivity index (χ1) is 12.9. The predicted molar refractivity (Wildman–Crippen MR) is 104 cm³/mol. The zero-order valence-corrected chi connectivity index (χ0v) is 16.0. The standard InChI is InChI=1S/C20H23N3O4/c1-20(2)11-8-13-14(9-12(11)23-19(20)24)22-18(21-13)10-6-15(25-3)17(27-5)16(7-10)26-4/h6-9,18,21-22H,1-5H3,(H,23,24). The van der Waals surface area contributed by atoms with E-state index in [0.717, 1.165) is 28.2 Å². The number of carbonyl (C=O) groups is 1. The Morgan fingerprint density at radius 3 is 2.00 bits per heavy atom. The lowest BCUT2D eigenvalue weighted by Crippen LogP contribution is -2.26. The third-order valence-electron chi connectivity index (χ3n) is 5.27. The van der Waals surface area contributed by atoms with Gasteiger partial charge >= 0.3 is 0 Å². The number of ether oxygens (including phenoxy) is 3. The van der Waals surface area contributed by atoms with Gasteiger partial charge in [-0.15, -0.1) is 0 Å². The van der Waals surface area contributed by atoms with Crippen molar-refractivity contribution in [3.05, 3.63) is 35.4 Å². The van der Waals surface area contributed by atoms with Gasteiger partial charge < -0.3 is 30.2 Å². The van der Waals surface area contributed by atoms with Crippen molar-refractivity contribution < 1.29 is 19.0 Å². The molecule has 7 nitrogen and oxygen atoms in total. The first-order valence-corrected chi connectivity index (χ1v) is 8.72. The Labute approximate surface area is 158 Å². The molecule has 7 heteroatoms. The maximum absolute atomic E-state index is 12.2. The van der Waals surface area contributed by atoms with Crippen LogP contribution >= 0.6 is 0 Å². The number of methoxy groups -OCH3 is 3. The van der Waals surface area contributed by atoms with Gasteiger partial charge in [0.2, 0.25) is 11.7 Å². The highest BCUT2D eigenvalue weighted by Gasteiger charge is 2.40. The van der Waals surface area contributed by atoms with Crippen molar-refractivity contribution in [3.8, 4) is 17.2 Å². The van der Waals surface area contributed by atoms with Crippen LogP contribution in [-0.4, -0.2) is 27.2 Å². The second kappa shape index (κ2) is 5.97. The molecule has 2 aliphatic rings. The van der Waals surface area contributed by atoms with E-state index in [4.69, 9.17) is 14.2 Å². The quantitative estimate of drug-likeness (QED) is 0.766. The number of hydrogen-bond donors (Lipinski definition) is 3. The molecule has 1 amide bonds. The van der Waals surface area contributed by atoms with Crippen molar-refractivity contribution in [1.82, 2.24) is 0 Å². The summed E-state index contributed by atoms with van der Waals surface area (Å²) in [6.07, 6.45) is -0.157. The van der Waals surface area contributed by atoms with E-state index in [1.807, 2.05) is 38.1 Å². The fourth-order valence-electron chi connectivity index (χ4n) is 3.64. The summed E-state index contributed by atoms with van der Waals surface area (Å²) in [6, 6.07) is 7.84. The molecule has 0 fully saturated rings. The summed E-state index contributed by atoms with van der Waals surface area (Å²) in [5.41, 5.74) is 4.14. The first kappa shape index (κ1) is 17.3. The fourth-order valence-corrected chi connectivity index (χ4v) is 3.64. The van der Waals surface area contributed by atoms with E-state index in [1.54, 1.807) is 21.3 Å². The molecule has 0 bridgehead atoms. The minimum Gasteiger partial charge on any atom is -0.493 e. The number of rotatable bonds is 4. The van der Waals surface area contributed by atoms with Crippen molar-refractivity contribution >= 4 is 23.0 Å². The highest BCUT2D eigenvalue weighted by molar-refractivity contribution is 6.07. The van der Waals surface area contributed by atoms with E-state index < -0.39 is 5.41 Å². The fraction of sp³-hybridized carbons (Fsp3) is 0.350. The van der Waals surface area contributed by atoms with Gasteiger partial charge in [-0.1, -0.05) is 0 Å². The second-order valence-electron chi connectivity index (χ2n) is 7.20. The molecule has 142 valence electrons. The predicted octanol–water partition coefficient (Wildman–Crippen LogP) is 3.48. The van der Waals surface area contributed by atoms with E-state index in [2.05, 4.69) is 16.0 Å². The number of nitrogens with one attached hydrogen (secondary N) is 3. The highest BCUT2D eigenvalue weighted by Crippen LogP contribution is 2.47. The maximum Gasteiger partial charge on any atom is 0.234 e. The summed E-state index contributed by atoms with van der Waals surface area (Å²) in [5.74, 6) is 1.77. The number of carbonyl (C=O) groups excluding carboxylic acids is 1. The summed E-state index contributed by atoms with van der Waals surface area (Å²) in [7, 11) is 4.78. The zero-order valence-electron chi connectivity index (χ0n) is 16.0. The molecule has 0 radical (unpaired) electrons. The molecule has 0 saturated heterocycles. The molecule has 0 saturated carbocycles. The van der Waals surface area contributed by atoms with E-state index >= 15 is 0 Å². The molecular weight excluding hydrogens is 346 g/mol. The van der Waals surface area contributed by atoms with Crippen LogP contribution in [0.25, 0.3) is 0 Å². The number of benzene rings is 2. The minimum atomic E-state index is -0.545. The average molecular weight is 369 g/mol. The number of hydrogen-bond acceptors (Lipinski definition) is 6. The Bertz CT molecular complexity index is 914. The first-order valence-electron chi connectivity index (χ1n) is 8.72. The zero-order chi connectivity index (χ0) is 19.3. The van der Waals surface area contributed by atoms with Crippen LogP contribution in [0.4, 0.5) is 17.1 Å². The number of amides is 1. The molecule has 2 heterocycles. The smallest absolute Gasteiger partial charge is 0.234 e. The molecule has 2 aromatic carbocycles. The molecule has 4 rings (SSSR count). The van der Waals surface area contributed by atoms with Gasteiger partial charge in [0, 0.05) is 11.3 Å². The lowest BCUT2D eigenvalue weighted by atomic mass is 9.86. The van der Waals surface area contributed by atoms with Gasteiger partial charge in [0.25, 0.3) is 0 Å². The second-order valence-corrected chi connectivity index (χ2v) is 7.20. The lowest BCUT2D eigenvalue weighted by molar-refractivity contribution is -0.119. The van der Waals surface area contributed by atoms with E-state index in [9.17, 15) is 4.79 Å². The molecule has 2 aromatic rings. The summed E-state index contributed by atoms with van der Waals surface area (Å²) >= 11 is 0. The van der Waals surface area contributed by atoms with Gasteiger partial charge in [0.1, 0.15) is 6.17 Å². The van der Waals surface area contributed by atoms with Crippen LogP contribution in [0.5, 0.6) is 17.2 Å². The Balaban J connectivity index is 1.70. The van der Waals surface area contributed by atoms with Gasteiger partial charge in [0.15, 0.2) is 11.5 Å². The van der Waals surface area contributed by atoms with Crippen molar-refractivity contribution in [2.75, 3.05) is 37.3 Å². The van der Waals surface area contributed by atoms with Crippen molar-refractivity contribution in [1.29, 1.82) is 0 Å². The summed E-state index contributed by atoms with van der Waals surface area (Å²) in [5, 5.41) is 9.88. The summed E-state index contributed by atoms with van der Waals surface area (Å²) < 4.78 is 16.3. The van der Waals surface area contributed by atoms with Crippen LogP contribution in [0, 0.1) is 0 Å². The van der Waals surface area contributed by atoms with Crippen LogP contribution in [0.1, 0.15) is 31.1 Å². The molecule has 2 aliphatic heterocycles. The van der Waals surface area contributed by atoms with Crippen LogP contribution in [0.2, 0.25) is 0 Å². The Morgan fingerprint density at radius 1 is 0.852 bits per heavy atom. The van der Waals surface area contributed by atoms with Gasteiger partial charge in [-0.2, -0.15) is 0 Å². The van der Waals surface area contributed by atoms with Gasteiger partial charge in [-0.3, -0.25) is 4.79 Å². The monoisotopic (exact) mass is 369 g/mol. The van der Waals surface area contributed by atoms with Gasteiger partial charge in [0.05, 0.1) is 38.1 Å². The topological polar surface area (TPSA) is 80.9 Å². The van der Waals surface area contributed by atoms with Crippen LogP contribution in [0.3, 0.4) is 0 Å². The van der Waals surface area contributed by atoms with Crippen LogP contribution in [0.15, 0.2) is 24.3 Å². The van der Waals surface area contributed by atoms with Crippen molar-refractivity contribution in [2.24, 2.45) is 0 Å². The largest absolute Gasteiger partial charge is 0.493 e. The Hall–Kier alpha value is -3.09. The number of fused-ring (bicyclic) bond motifs is 2. The third kappa shape index (κ3) is 2.53. The lowest BCUT2D eigenvalue weighted by Gasteiger charge is -2.18. The van der Waals surface area contributed by atoms with Crippen LogP contribution in [-0.2, 0) is 10.2 Å². The molecule has 1 unspecified atom stereocenters. The SMILES string of the molecule is COc1cc(C2Nc3cc4c(cc3N2)C(C)(C)C(=O)N4)cc(OC)c1OC. The minimum absolute atomic E-state index is 0.0161. The average Bonchev–Trinajstić information content (AvgIpc) is 3.17. The molecule has 0 spiro atoms. The highest BCUT2D eigenvalue weighted by atomic mass is 16.5. The Morgan fingerprint density at radius 2 is 1.44 bits per heavy atom. The maximum atomic E-state index is 12.2. The normalized spacial score (nSPS) is 18.7. The van der Waals surface area contributed by atoms with E-state index in [-0.39, 0.29) is 12.1 Å². The molecule has 3 N–H and O–H groups in total. The molecule has 0 aliphatic carbocycles. The third-order valence-corrected chi connectivity index (χ3v) is 5.27. The van der Waals surface area contributed by atoms with E-state index in [1.165, 1.54) is 0 Å². The summed E-state index contributed by atoms with van der Waals surface area (Å²) in [4.78, 5) is 12.2.